The third kappa shape index (κ3) is 4.86. The van der Waals surface area contributed by atoms with Crippen LogP contribution in [0.4, 0.5) is 23.7 Å². The molecule has 0 unspecified atom stereocenters. The number of nitrogens with two attached hydrogens (primary N) is 1. The molecule has 0 fully saturated rings. The van der Waals surface area contributed by atoms with Crippen LogP contribution in [0.1, 0.15) is 21.9 Å². The second-order valence-electron chi connectivity index (χ2n) is 5.57. The molecule has 12 heteroatoms. The highest BCUT2D eigenvalue weighted by molar-refractivity contribution is 5.92. The largest absolute Gasteiger partial charge is 0.471 e. The van der Waals surface area contributed by atoms with Crippen molar-refractivity contribution in [1.29, 1.82) is 0 Å². The Kier molecular flexibility index (Phi) is 5.43. The molecule has 2 amide bonds. The topological polar surface area (TPSA) is 133 Å². The molecule has 3 aromatic rings. The fraction of sp³-hybridized carbons (Fsp3) is 0.118. The number of carbonyl (C=O) groups is 2. The zero-order valence-corrected chi connectivity index (χ0v) is 14.4. The van der Waals surface area contributed by atoms with E-state index in [1.165, 1.54) is 36.5 Å². The minimum absolute atomic E-state index is 0.0111. The third-order valence-electron chi connectivity index (χ3n) is 3.54. The summed E-state index contributed by atoms with van der Waals surface area (Å²) in [6.07, 6.45) is -4.18. The average Bonchev–Trinajstić information content (AvgIpc) is 3.18. The number of benzene rings is 1. The summed E-state index contributed by atoms with van der Waals surface area (Å²) >= 11 is 0. The Hall–Kier alpha value is -3.96. The number of hydrogen-bond acceptors (Lipinski definition) is 7. The number of carbonyl (C=O) groups excluding carboxylic acids is 2. The van der Waals surface area contributed by atoms with Gasteiger partial charge in [-0.25, -0.2) is 4.79 Å². The Labute approximate surface area is 160 Å². The first-order chi connectivity index (χ1) is 13.7. The van der Waals surface area contributed by atoms with E-state index in [4.69, 9.17) is 10.5 Å². The molecule has 0 spiro atoms. The van der Waals surface area contributed by atoms with E-state index in [-0.39, 0.29) is 23.7 Å². The molecule has 29 heavy (non-hydrogen) atoms. The number of amides is 2. The predicted molar refractivity (Wildman–Crippen MR) is 91.3 cm³/mol. The maximum Gasteiger partial charge on any atom is 0.471 e. The van der Waals surface area contributed by atoms with E-state index in [0.29, 0.717) is 11.3 Å². The van der Waals surface area contributed by atoms with Crippen LogP contribution in [0.5, 0.6) is 0 Å². The Balaban J connectivity index is 1.61. The first-order valence-electron chi connectivity index (χ1n) is 7.93. The normalized spacial score (nSPS) is 11.1. The average molecular weight is 407 g/mol. The van der Waals surface area contributed by atoms with Crippen LogP contribution in [-0.4, -0.2) is 27.1 Å². The zero-order valence-electron chi connectivity index (χ0n) is 14.4. The summed E-state index contributed by atoms with van der Waals surface area (Å²) < 4.78 is 46.7. The minimum Gasteiger partial charge on any atom is -0.444 e. The second kappa shape index (κ2) is 7.96. The summed E-state index contributed by atoms with van der Waals surface area (Å²) in [4.78, 5) is 30.3. The fourth-order valence-electron chi connectivity index (χ4n) is 2.23. The van der Waals surface area contributed by atoms with E-state index in [9.17, 15) is 22.8 Å². The van der Waals surface area contributed by atoms with Gasteiger partial charge in [0.25, 0.3) is 5.91 Å². The summed E-state index contributed by atoms with van der Waals surface area (Å²) in [5.41, 5.74) is 6.08. The maximum atomic E-state index is 12.5. The Morgan fingerprint density at radius 3 is 2.52 bits per heavy atom. The SMILES string of the molecule is NC(=O)c1ncccc1COC(=O)Nc1ccc(-c2noc(C(F)(F)F)n2)cc1. The van der Waals surface area contributed by atoms with Crippen LogP contribution in [0.25, 0.3) is 11.4 Å². The van der Waals surface area contributed by atoms with E-state index in [1.807, 2.05) is 0 Å². The molecule has 0 aliphatic carbocycles. The first-order valence-corrected chi connectivity index (χ1v) is 7.93. The quantitative estimate of drug-likeness (QED) is 0.664. The molecule has 1 aromatic carbocycles. The highest BCUT2D eigenvalue weighted by Crippen LogP contribution is 2.29. The smallest absolute Gasteiger partial charge is 0.444 e. The molecule has 0 saturated carbocycles. The van der Waals surface area contributed by atoms with Crippen molar-refractivity contribution >= 4 is 17.7 Å². The molecule has 0 aliphatic heterocycles. The van der Waals surface area contributed by atoms with Gasteiger partial charge in [-0.2, -0.15) is 18.2 Å². The van der Waals surface area contributed by atoms with E-state index >= 15 is 0 Å². The van der Waals surface area contributed by atoms with Gasteiger partial charge in [-0.3, -0.25) is 15.1 Å². The number of pyridine rings is 1. The molecule has 0 radical (unpaired) electrons. The predicted octanol–water partition coefficient (Wildman–Crippen LogP) is 3.00. The first kappa shape index (κ1) is 19.8. The van der Waals surface area contributed by atoms with Crippen molar-refractivity contribution in [2.24, 2.45) is 5.73 Å². The lowest BCUT2D eigenvalue weighted by molar-refractivity contribution is -0.159. The molecule has 0 saturated heterocycles. The van der Waals surface area contributed by atoms with Crippen LogP contribution in [0, 0.1) is 0 Å². The number of primary amides is 1. The molecular formula is C17H12F3N5O4. The fourth-order valence-corrected chi connectivity index (χ4v) is 2.23. The van der Waals surface area contributed by atoms with E-state index in [1.54, 1.807) is 6.07 Å². The van der Waals surface area contributed by atoms with Crippen LogP contribution in [0.3, 0.4) is 0 Å². The summed E-state index contributed by atoms with van der Waals surface area (Å²) in [5.74, 6) is -2.46. The molecule has 2 aromatic heterocycles. The van der Waals surface area contributed by atoms with Gasteiger partial charge in [0.05, 0.1) is 0 Å². The summed E-state index contributed by atoms with van der Waals surface area (Å²) in [7, 11) is 0. The van der Waals surface area contributed by atoms with Crippen LogP contribution >= 0.6 is 0 Å². The Bertz CT molecular complexity index is 1030. The van der Waals surface area contributed by atoms with Gasteiger partial charge < -0.3 is 15.0 Å². The molecule has 2 heterocycles. The van der Waals surface area contributed by atoms with Gasteiger partial charge in [-0.05, 0) is 30.3 Å². The number of nitrogens with zero attached hydrogens (tertiary/aromatic N) is 3. The van der Waals surface area contributed by atoms with Gasteiger partial charge in [0.15, 0.2) is 0 Å². The van der Waals surface area contributed by atoms with Crippen LogP contribution in [0.15, 0.2) is 47.1 Å². The van der Waals surface area contributed by atoms with Crippen LogP contribution < -0.4 is 11.1 Å². The van der Waals surface area contributed by atoms with E-state index < -0.39 is 24.1 Å². The van der Waals surface area contributed by atoms with Gasteiger partial charge in [0.1, 0.15) is 12.3 Å². The van der Waals surface area contributed by atoms with E-state index in [2.05, 4.69) is 25.0 Å². The van der Waals surface area contributed by atoms with Crippen molar-refractivity contribution < 1.29 is 32.0 Å². The van der Waals surface area contributed by atoms with Crippen molar-refractivity contribution in [3.63, 3.8) is 0 Å². The van der Waals surface area contributed by atoms with Crippen molar-refractivity contribution in [3.05, 3.63) is 59.7 Å². The van der Waals surface area contributed by atoms with Crippen molar-refractivity contribution in [3.8, 4) is 11.4 Å². The molecule has 9 nitrogen and oxygen atoms in total. The van der Waals surface area contributed by atoms with Gasteiger partial charge in [0.2, 0.25) is 5.82 Å². The number of nitrogens with one attached hydrogen (secondary N) is 1. The number of anilines is 1. The standard InChI is InChI=1S/C17H12F3N5O4/c18-17(19,20)15-24-14(25-29-15)9-3-5-11(6-4-9)23-16(27)28-8-10-2-1-7-22-12(10)13(21)26/h1-7H,8H2,(H2,21,26)(H,23,27). The van der Waals surface area contributed by atoms with Gasteiger partial charge >= 0.3 is 18.2 Å². The third-order valence-corrected chi connectivity index (χ3v) is 3.54. The van der Waals surface area contributed by atoms with E-state index in [0.717, 1.165) is 0 Å². The van der Waals surface area contributed by atoms with Crippen LogP contribution in [-0.2, 0) is 17.5 Å². The summed E-state index contributed by atoms with van der Waals surface area (Å²) in [5, 5.41) is 5.69. The number of hydrogen-bond donors (Lipinski definition) is 2. The Morgan fingerprint density at radius 2 is 1.90 bits per heavy atom. The van der Waals surface area contributed by atoms with Crippen LogP contribution in [0.2, 0.25) is 0 Å². The molecule has 0 atom stereocenters. The lowest BCUT2D eigenvalue weighted by Gasteiger charge is -2.09. The maximum absolute atomic E-state index is 12.5. The second-order valence-corrected chi connectivity index (χ2v) is 5.57. The summed E-state index contributed by atoms with van der Waals surface area (Å²) in [6.45, 7) is -0.237. The monoisotopic (exact) mass is 407 g/mol. The number of alkyl halides is 3. The molecule has 3 rings (SSSR count). The molecule has 150 valence electrons. The highest BCUT2D eigenvalue weighted by atomic mass is 19.4. The molecule has 3 N–H and O–H groups in total. The number of ether oxygens (including phenoxy) is 1. The summed E-state index contributed by atoms with van der Waals surface area (Å²) in [6, 6.07) is 8.72. The molecule has 0 bridgehead atoms. The lowest BCUT2D eigenvalue weighted by atomic mass is 10.2. The van der Waals surface area contributed by atoms with Crippen molar-refractivity contribution in [2.75, 3.05) is 5.32 Å². The number of rotatable bonds is 5. The Morgan fingerprint density at radius 1 is 1.17 bits per heavy atom. The zero-order chi connectivity index (χ0) is 21.0. The van der Waals surface area contributed by atoms with Crippen molar-refractivity contribution in [2.45, 2.75) is 12.8 Å². The van der Waals surface area contributed by atoms with Gasteiger partial charge in [0, 0.05) is 23.0 Å². The van der Waals surface area contributed by atoms with Gasteiger partial charge in [-0.1, -0.05) is 11.2 Å². The highest BCUT2D eigenvalue weighted by Gasteiger charge is 2.38. The number of halogens is 3. The molecule has 0 aliphatic rings. The molecular weight excluding hydrogens is 395 g/mol. The lowest BCUT2D eigenvalue weighted by Crippen LogP contribution is -2.18. The van der Waals surface area contributed by atoms with Crippen molar-refractivity contribution in [1.82, 2.24) is 15.1 Å². The minimum atomic E-state index is -4.74. The number of aromatic nitrogens is 3. The van der Waals surface area contributed by atoms with Gasteiger partial charge in [-0.15, -0.1) is 0 Å².